The zero-order valence-electron chi connectivity index (χ0n) is 20.1. The molecule has 0 aliphatic carbocycles. The summed E-state index contributed by atoms with van der Waals surface area (Å²) >= 11 is 0. The zero-order valence-corrected chi connectivity index (χ0v) is 20.1. The standard InChI is InChI=1S/C28H31N3O4/c1-17(26(33)19(3)31-16-20-8-4-5-10-24(20)28(31)35)12-22(32)13-18(2)27(34)30-15-21-14-29-25-11-7-6-9-23(21)25/h4-11,14,18-19,22,29,32H,1,12-13,15-16H2,2-3H3,(H,30,34)/t18-,19-,22-/m0/s1. The maximum atomic E-state index is 12.9. The van der Waals surface area contributed by atoms with E-state index in [2.05, 4.69) is 16.9 Å². The van der Waals surface area contributed by atoms with Crippen molar-refractivity contribution in [2.45, 2.75) is 51.9 Å². The molecule has 0 bridgehead atoms. The molecule has 0 spiro atoms. The predicted molar refractivity (Wildman–Crippen MR) is 134 cm³/mol. The lowest BCUT2D eigenvalue weighted by Gasteiger charge is -2.25. The number of fused-ring (bicyclic) bond motifs is 2. The van der Waals surface area contributed by atoms with Gasteiger partial charge in [0, 0.05) is 48.1 Å². The van der Waals surface area contributed by atoms with Gasteiger partial charge in [0.2, 0.25) is 5.91 Å². The molecule has 3 N–H and O–H groups in total. The number of hydrogen-bond donors (Lipinski definition) is 3. The van der Waals surface area contributed by atoms with Gasteiger partial charge in [0.1, 0.15) is 0 Å². The molecule has 0 radical (unpaired) electrons. The SMILES string of the molecule is C=C(C[C@H](O)C[C@H](C)C(=O)NCc1c[nH]c2ccccc12)C(=O)[C@H](C)N1Cc2ccccc2C1=O. The molecule has 0 saturated heterocycles. The lowest BCUT2D eigenvalue weighted by atomic mass is 9.94. The Kier molecular flexibility index (Phi) is 7.17. The van der Waals surface area contributed by atoms with Crippen molar-refractivity contribution >= 4 is 28.5 Å². The molecule has 7 heteroatoms. The molecule has 2 amide bonds. The van der Waals surface area contributed by atoms with Crippen molar-refractivity contribution in [3.63, 3.8) is 0 Å². The second-order valence-electron chi connectivity index (χ2n) is 9.31. The second kappa shape index (κ2) is 10.3. The third kappa shape index (κ3) is 5.20. The van der Waals surface area contributed by atoms with Crippen molar-refractivity contribution in [1.29, 1.82) is 0 Å². The highest BCUT2D eigenvalue weighted by atomic mass is 16.3. The van der Waals surface area contributed by atoms with Gasteiger partial charge >= 0.3 is 0 Å². The van der Waals surface area contributed by atoms with Crippen LogP contribution >= 0.6 is 0 Å². The highest BCUT2D eigenvalue weighted by Gasteiger charge is 2.34. The van der Waals surface area contributed by atoms with Crippen molar-refractivity contribution in [2.75, 3.05) is 0 Å². The van der Waals surface area contributed by atoms with Gasteiger partial charge in [-0.05, 0) is 42.2 Å². The van der Waals surface area contributed by atoms with Crippen LogP contribution in [0.3, 0.4) is 0 Å². The van der Waals surface area contributed by atoms with Gasteiger partial charge < -0.3 is 20.3 Å². The number of rotatable bonds is 10. The number of hydrogen-bond acceptors (Lipinski definition) is 4. The van der Waals surface area contributed by atoms with Gasteiger partial charge in [-0.3, -0.25) is 14.4 Å². The smallest absolute Gasteiger partial charge is 0.255 e. The normalized spacial score (nSPS) is 15.5. The molecule has 2 aromatic carbocycles. The quantitative estimate of drug-likeness (QED) is 0.391. The molecule has 182 valence electrons. The van der Waals surface area contributed by atoms with Crippen LogP contribution in [0, 0.1) is 5.92 Å². The van der Waals surface area contributed by atoms with Gasteiger partial charge in [0.25, 0.3) is 5.91 Å². The summed E-state index contributed by atoms with van der Waals surface area (Å²) in [5, 5.41) is 14.5. The molecule has 0 fully saturated rings. The van der Waals surface area contributed by atoms with E-state index in [0.717, 1.165) is 22.0 Å². The number of amides is 2. The summed E-state index contributed by atoms with van der Waals surface area (Å²) < 4.78 is 0. The first-order valence-electron chi connectivity index (χ1n) is 11.9. The van der Waals surface area contributed by atoms with E-state index in [9.17, 15) is 19.5 Å². The Morgan fingerprint density at radius 1 is 1.14 bits per heavy atom. The summed E-state index contributed by atoms with van der Waals surface area (Å²) in [5.74, 6) is -1.05. The lowest BCUT2D eigenvalue weighted by Crippen LogP contribution is -2.40. The average Bonchev–Trinajstić information content (AvgIpc) is 3.42. The van der Waals surface area contributed by atoms with Crippen molar-refractivity contribution in [3.8, 4) is 0 Å². The minimum absolute atomic E-state index is 0.0538. The number of carbonyl (C=O) groups is 3. The van der Waals surface area contributed by atoms with Crippen LogP contribution in [0.25, 0.3) is 10.9 Å². The summed E-state index contributed by atoms with van der Waals surface area (Å²) in [6.45, 7) is 8.06. The molecule has 3 atom stereocenters. The van der Waals surface area contributed by atoms with Crippen molar-refractivity contribution in [3.05, 3.63) is 83.6 Å². The van der Waals surface area contributed by atoms with Gasteiger partial charge in [0.15, 0.2) is 5.78 Å². The van der Waals surface area contributed by atoms with Crippen LogP contribution in [0.1, 0.15) is 48.2 Å². The highest BCUT2D eigenvalue weighted by Crippen LogP contribution is 2.26. The number of benzene rings is 2. The van der Waals surface area contributed by atoms with Gasteiger partial charge in [-0.2, -0.15) is 0 Å². The zero-order chi connectivity index (χ0) is 25.1. The molecule has 3 aromatic rings. The van der Waals surface area contributed by atoms with E-state index in [1.165, 1.54) is 4.90 Å². The molecule has 1 aromatic heterocycles. The molecule has 1 aliphatic heterocycles. The number of aromatic nitrogens is 1. The molecule has 0 unspecified atom stereocenters. The largest absolute Gasteiger partial charge is 0.393 e. The molecule has 1 aliphatic rings. The monoisotopic (exact) mass is 473 g/mol. The summed E-state index contributed by atoms with van der Waals surface area (Å²) in [6.07, 6.45) is 1.25. The van der Waals surface area contributed by atoms with Gasteiger partial charge in [-0.1, -0.05) is 49.9 Å². The highest BCUT2D eigenvalue weighted by molar-refractivity contribution is 6.05. The number of Topliss-reactive ketones (excluding diaryl/α,β-unsaturated/α-hetero) is 1. The number of carbonyl (C=O) groups excluding carboxylic acids is 3. The topological polar surface area (TPSA) is 102 Å². The van der Waals surface area contributed by atoms with E-state index < -0.39 is 18.1 Å². The summed E-state index contributed by atoms with van der Waals surface area (Å²) in [4.78, 5) is 42.9. The maximum absolute atomic E-state index is 12.9. The number of para-hydroxylation sites is 1. The Morgan fingerprint density at radius 2 is 1.86 bits per heavy atom. The van der Waals surface area contributed by atoms with Crippen molar-refractivity contribution in [2.24, 2.45) is 5.92 Å². The summed E-state index contributed by atoms with van der Waals surface area (Å²) in [5.41, 5.74) is 3.77. The fourth-order valence-corrected chi connectivity index (χ4v) is 4.64. The Morgan fingerprint density at radius 3 is 2.63 bits per heavy atom. The Hall–Kier alpha value is -3.71. The van der Waals surface area contributed by atoms with Crippen molar-refractivity contribution < 1.29 is 19.5 Å². The van der Waals surface area contributed by atoms with Gasteiger partial charge in [-0.15, -0.1) is 0 Å². The Bertz CT molecular complexity index is 1280. The predicted octanol–water partition coefficient (Wildman–Crippen LogP) is 3.73. The minimum Gasteiger partial charge on any atom is -0.393 e. The van der Waals surface area contributed by atoms with E-state index in [1.807, 2.05) is 42.6 Å². The van der Waals surface area contributed by atoms with Gasteiger partial charge in [-0.25, -0.2) is 0 Å². The van der Waals surface area contributed by atoms with Crippen LogP contribution in [0.15, 0.2) is 66.9 Å². The molecule has 4 rings (SSSR count). The van der Waals surface area contributed by atoms with Crippen LogP contribution in [-0.2, 0) is 22.7 Å². The number of ketones is 1. The van der Waals surface area contributed by atoms with E-state index >= 15 is 0 Å². The number of aromatic amines is 1. The molecular weight excluding hydrogens is 442 g/mol. The number of aliphatic hydroxyl groups is 1. The van der Waals surface area contributed by atoms with Crippen LogP contribution in [0.4, 0.5) is 0 Å². The summed E-state index contributed by atoms with van der Waals surface area (Å²) in [7, 11) is 0. The van der Waals surface area contributed by atoms with Crippen LogP contribution < -0.4 is 5.32 Å². The Balaban J connectivity index is 1.26. The maximum Gasteiger partial charge on any atom is 0.255 e. The number of nitrogens with one attached hydrogen (secondary N) is 2. The number of nitrogens with zero attached hydrogens (tertiary/aromatic N) is 1. The average molecular weight is 474 g/mol. The van der Waals surface area contributed by atoms with Crippen LogP contribution in [-0.4, -0.2) is 44.7 Å². The Labute approximate surface area is 204 Å². The molecule has 7 nitrogen and oxygen atoms in total. The second-order valence-corrected chi connectivity index (χ2v) is 9.31. The van der Waals surface area contributed by atoms with E-state index in [1.54, 1.807) is 26.0 Å². The third-order valence-corrected chi connectivity index (χ3v) is 6.73. The third-order valence-electron chi connectivity index (χ3n) is 6.73. The fourth-order valence-electron chi connectivity index (χ4n) is 4.64. The first-order chi connectivity index (χ1) is 16.8. The first-order valence-corrected chi connectivity index (χ1v) is 11.9. The van der Waals surface area contributed by atoms with E-state index in [-0.39, 0.29) is 36.0 Å². The van der Waals surface area contributed by atoms with E-state index in [0.29, 0.717) is 18.7 Å². The fraction of sp³-hybridized carbons (Fsp3) is 0.321. The number of H-pyrrole nitrogens is 1. The molecule has 35 heavy (non-hydrogen) atoms. The molecule has 0 saturated carbocycles. The first kappa shape index (κ1) is 24.4. The van der Waals surface area contributed by atoms with Crippen LogP contribution in [0.2, 0.25) is 0 Å². The van der Waals surface area contributed by atoms with Gasteiger partial charge in [0.05, 0.1) is 12.1 Å². The lowest BCUT2D eigenvalue weighted by molar-refractivity contribution is -0.125. The number of aliphatic hydroxyl groups excluding tert-OH is 1. The van der Waals surface area contributed by atoms with E-state index in [4.69, 9.17) is 0 Å². The molecule has 2 heterocycles. The molecular formula is C28H31N3O4. The minimum atomic E-state index is -0.890. The van der Waals surface area contributed by atoms with Crippen LogP contribution in [0.5, 0.6) is 0 Å². The summed E-state index contributed by atoms with van der Waals surface area (Å²) in [6, 6.07) is 14.5. The van der Waals surface area contributed by atoms with Crippen molar-refractivity contribution in [1.82, 2.24) is 15.2 Å².